The van der Waals surface area contributed by atoms with Gasteiger partial charge >= 0.3 is 6.36 Å². The Hall–Kier alpha value is -1.59. The SMILES string of the molecule is C=CCCC1CCC(C2CCC(c3cc(F)c(OC(F)(F)F)c(F)c3)CC2)CC1. The zero-order valence-electron chi connectivity index (χ0n) is 16.6. The van der Waals surface area contributed by atoms with Gasteiger partial charge < -0.3 is 4.74 Å². The standard InChI is InChI=1S/C23H29F5O/c1-2-3-4-15-5-7-16(8-6-15)17-9-11-18(12-10-17)19-13-20(24)22(21(25)14-19)29-23(26,27)28/h2,13-18H,1,3-12H2. The molecule has 1 aromatic carbocycles. The van der Waals surface area contributed by atoms with E-state index in [-0.39, 0.29) is 5.92 Å². The third-order valence-corrected chi connectivity index (χ3v) is 6.82. The van der Waals surface area contributed by atoms with Gasteiger partial charge in [0.1, 0.15) is 0 Å². The maximum atomic E-state index is 14.0. The van der Waals surface area contributed by atoms with Gasteiger partial charge in [0.15, 0.2) is 11.6 Å². The lowest BCUT2D eigenvalue weighted by molar-refractivity contribution is -0.276. The number of ether oxygens (including phenoxy) is 1. The van der Waals surface area contributed by atoms with Crippen molar-refractivity contribution >= 4 is 0 Å². The van der Waals surface area contributed by atoms with Crippen LogP contribution < -0.4 is 4.74 Å². The molecule has 2 aliphatic rings. The van der Waals surface area contributed by atoms with Gasteiger partial charge in [-0.3, -0.25) is 0 Å². The van der Waals surface area contributed by atoms with Crippen molar-refractivity contribution in [2.24, 2.45) is 17.8 Å². The average Bonchev–Trinajstić information content (AvgIpc) is 2.69. The molecule has 0 bridgehead atoms. The number of hydrogen-bond acceptors (Lipinski definition) is 1. The first-order chi connectivity index (χ1) is 13.8. The summed E-state index contributed by atoms with van der Waals surface area (Å²) < 4.78 is 68.4. The van der Waals surface area contributed by atoms with Gasteiger partial charge in [-0.2, -0.15) is 0 Å². The van der Waals surface area contributed by atoms with E-state index >= 15 is 0 Å². The van der Waals surface area contributed by atoms with Gasteiger partial charge in [0.2, 0.25) is 5.75 Å². The fourth-order valence-corrected chi connectivity index (χ4v) is 5.25. The zero-order valence-corrected chi connectivity index (χ0v) is 16.6. The van der Waals surface area contributed by atoms with Crippen molar-refractivity contribution in [2.45, 2.75) is 76.5 Å². The normalized spacial score (nSPS) is 28.2. The van der Waals surface area contributed by atoms with Crippen LogP contribution in [0.3, 0.4) is 0 Å². The number of benzene rings is 1. The average molecular weight is 416 g/mol. The molecule has 0 aliphatic heterocycles. The van der Waals surface area contributed by atoms with Crippen molar-refractivity contribution in [1.82, 2.24) is 0 Å². The Bertz CT molecular complexity index is 660. The Morgan fingerprint density at radius 1 is 0.897 bits per heavy atom. The van der Waals surface area contributed by atoms with Crippen LogP contribution in [0.25, 0.3) is 0 Å². The van der Waals surface area contributed by atoms with Crippen LogP contribution in [-0.2, 0) is 0 Å². The quantitative estimate of drug-likeness (QED) is 0.338. The molecule has 29 heavy (non-hydrogen) atoms. The Kier molecular flexibility index (Phi) is 7.23. The second kappa shape index (κ2) is 9.48. The molecule has 0 spiro atoms. The van der Waals surface area contributed by atoms with Crippen LogP contribution in [0.1, 0.15) is 75.7 Å². The van der Waals surface area contributed by atoms with Crippen LogP contribution in [0.2, 0.25) is 0 Å². The summed E-state index contributed by atoms with van der Waals surface area (Å²) in [4.78, 5) is 0. The second-order valence-corrected chi connectivity index (χ2v) is 8.62. The summed E-state index contributed by atoms with van der Waals surface area (Å²) in [5.41, 5.74) is 0.432. The second-order valence-electron chi connectivity index (χ2n) is 8.62. The summed E-state index contributed by atoms with van der Waals surface area (Å²) in [7, 11) is 0. The summed E-state index contributed by atoms with van der Waals surface area (Å²) in [6.45, 7) is 3.79. The molecule has 1 aromatic rings. The van der Waals surface area contributed by atoms with E-state index in [0.29, 0.717) is 11.5 Å². The molecule has 0 saturated heterocycles. The molecule has 0 aromatic heterocycles. The molecular weight excluding hydrogens is 387 g/mol. The van der Waals surface area contributed by atoms with E-state index in [2.05, 4.69) is 11.3 Å². The first kappa shape index (κ1) is 22.1. The molecule has 2 saturated carbocycles. The molecule has 0 N–H and O–H groups in total. The molecule has 0 heterocycles. The van der Waals surface area contributed by atoms with Crippen LogP contribution in [-0.4, -0.2) is 6.36 Å². The summed E-state index contributed by atoms with van der Waals surface area (Å²) in [6.07, 6.45) is 7.90. The summed E-state index contributed by atoms with van der Waals surface area (Å²) >= 11 is 0. The number of hydrogen-bond donors (Lipinski definition) is 0. The molecular formula is C23H29F5O. The first-order valence-electron chi connectivity index (χ1n) is 10.6. The molecule has 1 nitrogen and oxygen atoms in total. The van der Waals surface area contributed by atoms with Gasteiger partial charge in [-0.25, -0.2) is 8.78 Å². The number of halogens is 5. The van der Waals surface area contributed by atoms with E-state index in [1.807, 2.05) is 6.08 Å². The molecule has 0 unspecified atom stereocenters. The lowest BCUT2D eigenvalue weighted by atomic mass is 9.68. The maximum absolute atomic E-state index is 14.0. The lowest BCUT2D eigenvalue weighted by Gasteiger charge is -2.38. The highest BCUT2D eigenvalue weighted by atomic mass is 19.4. The summed E-state index contributed by atoms with van der Waals surface area (Å²) in [6, 6.07) is 2.00. The zero-order chi connectivity index (χ0) is 21.0. The number of allylic oxidation sites excluding steroid dienone is 1. The van der Waals surface area contributed by atoms with Crippen molar-refractivity contribution in [3.05, 3.63) is 42.0 Å². The predicted molar refractivity (Wildman–Crippen MR) is 103 cm³/mol. The van der Waals surface area contributed by atoms with Crippen LogP contribution in [0.5, 0.6) is 5.75 Å². The van der Waals surface area contributed by atoms with Crippen molar-refractivity contribution < 1.29 is 26.7 Å². The van der Waals surface area contributed by atoms with E-state index in [1.165, 1.54) is 32.1 Å². The van der Waals surface area contributed by atoms with E-state index in [4.69, 9.17) is 0 Å². The molecule has 2 aliphatic carbocycles. The maximum Gasteiger partial charge on any atom is 0.573 e. The minimum atomic E-state index is -5.12. The molecule has 0 radical (unpaired) electrons. The molecule has 0 atom stereocenters. The Morgan fingerprint density at radius 2 is 1.41 bits per heavy atom. The number of alkyl halides is 3. The molecule has 3 rings (SSSR count). The van der Waals surface area contributed by atoms with Crippen molar-refractivity contribution in [3.8, 4) is 5.75 Å². The monoisotopic (exact) mass is 416 g/mol. The highest BCUT2D eigenvalue weighted by Crippen LogP contribution is 2.45. The third kappa shape index (κ3) is 5.95. The summed E-state index contributed by atoms with van der Waals surface area (Å²) in [5, 5.41) is 0. The Morgan fingerprint density at radius 3 is 1.90 bits per heavy atom. The number of rotatable bonds is 6. The van der Waals surface area contributed by atoms with E-state index in [1.54, 1.807) is 0 Å². The van der Waals surface area contributed by atoms with Gasteiger partial charge in [0.25, 0.3) is 0 Å². The van der Waals surface area contributed by atoms with E-state index in [0.717, 1.165) is 56.1 Å². The summed E-state index contributed by atoms with van der Waals surface area (Å²) in [5.74, 6) is -1.79. The lowest BCUT2D eigenvalue weighted by Crippen LogP contribution is -2.25. The molecule has 6 heteroatoms. The van der Waals surface area contributed by atoms with E-state index in [9.17, 15) is 22.0 Å². The fourth-order valence-electron chi connectivity index (χ4n) is 5.25. The third-order valence-electron chi connectivity index (χ3n) is 6.82. The first-order valence-corrected chi connectivity index (χ1v) is 10.6. The van der Waals surface area contributed by atoms with Gasteiger partial charge in [-0.1, -0.05) is 18.9 Å². The largest absolute Gasteiger partial charge is 0.573 e. The Balaban J connectivity index is 1.54. The van der Waals surface area contributed by atoms with Crippen LogP contribution >= 0.6 is 0 Å². The van der Waals surface area contributed by atoms with Gasteiger partial charge in [-0.05, 0) is 92.7 Å². The van der Waals surface area contributed by atoms with Crippen molar-refractivity contribution in [2.75, 3.05) is 0 Å². The van der Waals surface area contributed by atoms with Crippen LogP contribution in [0, 0.1) is 29.4 Å². The van der Waals surface area contributed by atoms with E-state index < -0.39 is 23.7 Å². The smallest absolute Gasteiger partial charge is 0.399 e. The van der Waals surface area contributed by atoms with Crippen molar-refractivity contribution in [1.29, 1.82) is 0 Å². The minimum absolute atomic E-state index is 0.0147. The molecule has 2 fully saturated rings. The van der Waals surface area contributed by atoms with Gasteiger partial charge in [0.05, 0.1) is 0 Å². The molecule has 162 valence electrons. The van der Waals surface area contributed by atoms with Crippen molar-refractivity contribution in [3.63, 3.8) is 0 Å². The minimum Gasteiger partial charge on any atom is -0.399 e. The van der Waals surface area contributed by atoms with Gasteiger partial charge in [-0.15, -0.1) is 19.8 Å². The molecule has 0 amide bonds. The highest BCUT2D eigenvalue weighted by molar-refractivity contribution is 5.33. The predicted octanol–water partition coefficient (Wildman–Crippen LogP) is 7.91. The van der Waals surface area contributed by atoms with Gasteiger partial charge in [0, 0.05) is 0 Å². The Labute approximate surface area is 169 Å². The fraction of sp³-hybridized carbons (Fsp3) is 0.652. The highest BCUT2D eigenvalue weighted by Gasteiger charge is 2.35. The van der Waals surface area contributed by atoms with Crippen LogP contribution in [0.15, 0.2) is 24.8 Å². The van der Waals surface area contributed by atoms with Crippen LogP contribution in [0.4, 0.5) is 22.0 Å². The topological polar surface area (TPSA) is 9.23 Å².